The highest BCUT2D eigenvalue weighted by atomic mass is 19.4. The van der Waals surface area contributed by atoms with Crippen molar-refractivity contribution in [1.82, 2.24) is 19.8 Å². The topological polar surface area (TPSA) is 84.6 Å². The molecule has 3 aliphatic heterocycles. The Morgan fingerprint density at radius 2 is 1.85 bits per heavy atom. The van der Waals surface area contributed by atoms with E-state index in [1.54, 1.807) is 11.0 Å². The minimum Gasteiger partial charge on any atom is -0.462 e. The molecular formula is C34H37F3N6O4. The average Bonchev–Trinajstić information content (AvgIpc) is 3.50. The van der Waals surface area contributed by atoms with Crippen LogP contribution >= 0.6 is 0 Å². The van der Waals surface area contributed by atoms with Crippen molar-refractivity contribution in [3.05, 3.63) is 94.0 Å². The lowest BCUT2D eigenvalue weighted by Crippen LogP contribution is -2.57. The van der Waals surface area contributed by atoms with Crippen molar-refractivity contribution < 1.29 is 32.2 Å². The van der Waals surface area contributed by atoms with Crippen molar-refractivity contribution in [1.29, 1.82) is 0 Å². The molecule has 0 bridgehead atoms. The number of ether oxygens (including phenoxy) is 3. The number of amides is 1. The minimum absolute atomic E-state index is 0.0000146. The molecule has 0 aliphatic carbocycles. The molecule has 248 valence electrons. The lowest BCUT2D eigenvalue weighted by molar-refractivity contribution is -0.139. The number of likely N-dealkylation sites (N-methyl/N-ethyl adjacent to an activating group) is 1. The number of aromatic nitrogens is 2. The van der Waals surface area contributed by atoms with E-state index in [1.807, 2.05) is 42.3 Å². The van der Waals surface area contributed by atoms with Crippen LogP contribution in [0.2, 0.25) is 0 Å². The maximum atomic E-state index is 13.9. The Kier molecular flexibility index (Phi) is 9.79. The van der Waals surface area contributed by atoms with Crippen LogP contribution in [0, 0.1) is 6.57 Å². The average molecular weight is 651 g/mol. The summed E-state index contributed by atoms with van der Waals surface area (Å²) in [4.78, 5) is 32.0. The Hall–Kier alpha value is -4.41. The number of carbonyl (C=O) groups excluding carboxylic acids is 1. The molecule has 10 nitrogen and oxygen atoms in total. The van der Waals surface area contributed by atoms with Gasteiger partial charge in [-0.05, 0) is 43.6 Å². The van der Waals surface area contributed by atoms with E-state index in [0.29, 0.717) is 36.8 Å². The second-order valence-electron chi connectivity index (χ2n) is 12.1. The van der Waals surface area contributed by atoms with Gasteiger partial charge in [-0.2, -0.15) is 23.1 Å². The predicted octanol–water partition coefficient (Wildman–Crippen LogP) is 5.53. The number of benzene rings is 2. The monoisotopic (exact) mass is 650 g/mol. The van der Waals surface area contributed by atoms with Gasteiger partial charge in [0.15, 0.2) is 0 Å². The number of fused-ring (bicyclic) bond motifs is 1. The van der Waals surface area contributed by atoms with E-state index in [0.717, 1.165) is 31.0 Å². The maximum Gasteiger partial charge on any atom is 0.416 e. The van der Waals surface area contributed by atoms with Crippen molar-refractivity contribution in [3.8, 4) is 6.01 Å². The first-order valence-electron chi connectivity index (χ1n) is 15.8. The van der Waals surface area contributed by atoms with Gasteiger partial charge >= 0.3 is 18.3 Å². The van der Waals surface area contributed by atoms with Crippen LogP contribution in [-0.2, 0) is 35.3 Å². The highest BCUT2D eigenvalue weighted by Crippen LogP contribution is 2.40. The van der Waals surface area contributed by atoms with Gasteiger partial charge in [-0.1, -0.05) is 48.5 Å². The standard InChI is InChI=1S/C34H37F3N6O4/c1-38-18-25-19-42(15-16-43(25)33(44)47-20-23-9-4-3-5-10-23)31-27-22-45-30(26-12-6-7-13-28(26)34(35,36)37)17-29(27)39-32(40-31)46-21-24-11-8-14-41(24)2/h3-7,9-10,12-13,24-25,30H,8,11,14-22H2,2H3/t24-,25+,30?/m1/s1. The Morgan fingerprint density at radius 1 is 1.06 bits per heavy atom. The fourth-order valence-electron chi connectivity index (χ4n) is 6.50. The van der Waals surface area contributed by atoms with Crippen LogP contribution < -0.4 is 9.64 Å². The summed E-state index contributed by atoms with van der Waals surface area (Å²) in [7, 11) is 2.04. The first kappa shape index (κ1) is 32.5. The van der Waals surface area contributed by atoms with Crippen molar-refractivity contribution in [2.75, 3.05) is 51.3 Å². The first-order chi connectivity index (χ1) is 22.7. The SMILES string of the molecule is [C-]#[N+]C[C@H]1CN(c2nc(OC[C@H]3CCCN3C)nc3c2COC(c2ccccc2C(F)(F)F)C3)CCN1C(=O)OCc1ccccc1. The largest absolute Gasteiger partial charge is 0.462 e. The van der Waals surface area contributed by atoms with Gasteiger partial charge in [0.25, 0.3) is 0 Å². The molecule has 0 saturated carbocycles. The van der Waals surface area contributed by atoms with Crippen LogP contribution in [-0.4, -0.2) is 84.3 Å². The van der Waals surface area contributed by atoms with Crippen molar-refractivity contribution in [2.45, 2.75) is 56.8 Å². The van der Waals surface area contributed by atoms with Crippen LogP contribution in [0.3, 0.4) is 0 Å². The smallest absolute Gasteiger partial charge is 0.416 e. The number of alkyl halides is 3. The molecule has 1 aromatic heterocycles. The fourth-order valence-corrected chi connectivity index (χ4v) is 6.50. The second kappa shape index (κ2) is 14.1. The summed E-state index contributed by atoms with van der Waals surface area (Å²) in [6.45, 7) is 10.1. The Balaban J connectivity index is 1.26. The molecule has 4 heterocycles. The lowest BCUT2D eigenvalue weighted by atomic mass is 9.95. The molecular weight excluding hydrogens is 613 g/mol. The highest BCUT2D eigenvalue weighted by Gasteiger charge is 2.39. The molecule has 3 atom stereocenters. The molecule has 2 saturated heterocycles. The van der Waals surface area contributed by atoms with E-state index in [-0.39, 0.29) is 50.3 Å². The third-order valence-electron chi connectivity index (χ3n) is 9.07. The zero-order valence-corrected chi connectivity index (χ0v) is 26.2. The Morgan fingerprint density at radius 3 is 2.60 bits per heavy atom. The number of anilines is 1. The molecule has 0 radical (unpaired) electrons. The van der Waals surface area contributed by atoms with Gasteiger partial charge in [-0.25, -0.2) is 11.4 Å². The molecule has 1 unspecified atom stereocenters. The summed E-state index contributed by atoms with van der Waals surface area (Å²) < 4.78 is 59.5. The van der Waals surface area contributed by atoms with Gasteiger partial charge in [0.2, 0.25) is 6.54 Å². The van der Waals surface area contributed by atoms with Crippen LogP contribution in [0.4, 0.5) is 23.8 Å². The fraction of sp³-hybridized carbons (Fsp3) is 0.471. The zero-order valence-electron chi connectivity index (χ0n) is 26.2. The molecule has 0 spiro atoms. The molecule has 3 aromatic rings. The van der Waals surface area contributed by atoms with Crippen LogP contribution in [0.15, 0.2) is 54.6 Å². The summed E-state index contributed by atoms with van der Waals surface area (Å²) in [6.07, 6.45) is -3.72. The number of carbonyl (C=O) groups is 1. The number of hydrogen-bond donors (Lipinski definition) is 0. The number of hydrogen-bond acceptors (Lipinski definition) is 8. The summed E-state index contributed by atoms with van der Waals surface area (Å²) in [5, 5.41) is 0. The third kappa shape index (κ3) is 7.44. The van der Waals surface area contributed by atoms with Crippen molar-refractivity contribution in [2.24, 2.45) is 0 Å². The molecule has 1 amide bonds. The summed E-state index contributed by atoms with van der Waals surface area (Å²) in [6, 6.07) is 14.7. The van der Waals surface area contributed by atoms with E-state index in [4.69, 9.17) is 30.8 Å². The maximum absolute atomic E-state index is 13.9. The summed E-state index contributed by atoms with van der Waals surface area (Å²) >= 11 is 0. The molecule has 0 N–H and O–H groups in total. The molecule has 13 heteroatoms. The van der Waals surface area contributed by atoms with Crippen molar-refractivity contribution >= 4 is 11.9 Å². The number of halogens is 3. The van der Waals surface area contributed by atoms with Gasteiger partial charge in [0.05, 0.1) is 24.0 Å². The van der Waals surface area contributed by atoms with Crippen LogP contribution in [0.25, 0.3) is 4.85 Å². The van der Waals surface area contributed by atoms with Crippen LogP contribution in [0.5, 0.6) is 6.01 Å². The van der Waals surface area contributed by atoms with Gasteiger partial charge in [-0.15, -0.1) is 0 Å². The van der Waals surface area contributed by atoms with Crippen LogP contribution in [0.1, 0.15) is 46.9 Å². The normalized spacial score (nSPS) is 21.6. The van der Waals surface area contributed by atoms with E-state index in [1.165, 1.54) is 12.1 Å². The van der Waals surface area contributed by atoms with E-state index in [9.17, 15) is 18.0 Å². The predicted molar refractivity (Wildman–Crippen MR) is 167 cm³/mol. The number of piperazine rings is 1. The number of nitrogens with zero attached hydrogens (tertiary/aromatic N) is 6. The highest BCUT2D eigenvalue weighted by molar-refractivity contribution is 5.69. The number of rotatable bonds is 8. The Labute approximate surface area is 271 Å². The first-order valence-corrected chi connectivity index (χ1v) is 15.8. The van der Waals surface area contributed by atoms with Gasteiger partial charge in [0.1, 0.15) is 25.1 Å². The van der Waals surface area contributed by atoms with Gasteiger partial charge in [-0.3, -0.25) is 4.90 Å². The van der Waals surface area contributed by atoms with E-state index < -0.39 is 30.0 Å². The van der Waals surface area contributed by atoms with E-state index >= 15 is 0 Å². The molecule has 47 heavy (non-hydrogen) atoms. The Bertz CT molecular complexity index is 1600. The quantitative estimate of drug-likeness (QED) is 0.295. The van der Waals surface area contributed by atoms with Gasteiger partial charge < -0.3 is 28.9 Å². The van der Waals surface area contributed by atoms with Gasteiger partial charge in [0, 0.05) is 37.7 Å². The minimum atomic E-state index is -4.53. The summed E-state index contributed by atoms with van der Waals surface area (Å²) in [5.74, 6) is 0.541. The van der Waals surface area contributed by atoms with E-state index in [2.05, 4.69) is 9.74 Å². The molecule has 3 aliphatic rings. The lowest BCUT2D eigenvalue weighted by Gasteiger charge is -2.40. The summed E-state index contributed by atoms with van der Waals surface area (Å²) in [5.41, 5.74) is 1.41. The molecule has 6 rings (SSSR count). The molecule has 2 fully saturated rings. The second-order valence-corrected chi connectivity index (χ2v) is 12.1. The third-order valence-corrected chi connectivity index (χ3v) is 9.07. The van der Waals surface area contributed by atoms with Crippen molar-refractivity contribution in [3.63, 3.8) is 0 Å². The molecule has 2 aromatic carbocycles. The number of likely N-dealkylation sites (tertiary alicyclic amines) is 1. The zero-order chi connectivity index (χ0) is 33.0.